The van der Waals surface area contributed by atoms with E-state index in [0.717, 1.165) is 56.7 Å². The Morgan fingerprint density at radius 3 is 1.96 bits per heavy atom. The van der Waals surface area contributed by atoms with E-state index in [-0.39, 0.29) is 18.2 Å². The molecule has 0 aromatic carbocycles. The molecule has 3 aliphatic rings. The summed E-state index contributed by atoms with van der Waals surface area (Å²) in [5.41, 5.74) is 0. The van der Waals surface area contributed by atoms with E-state index in [1.165, 1.54) is 122 Å². The summed E-state index contributed by atoms with van der Waals surface area (Å²) < 4.78 is 21.1. The van der Waals surface area contributed by atoms with E-state index < -0.39 is 6.29 Å². The van der Waals surface area contributed by atoms with Gasteiger partial charge in [-0.25, -0.2) is 0 Å². The summed E-state index contributed by atoms with van der Waals surface area (Å²) in [5.74, 6) is 2.88. The van der Waals surface area contributed by atoms with Gasteiger partial charge in [0.15, 0.2) is 6.29 Å². The van der Waals surface area contributed by atoms with Crippen LogP contribution in [-0.2, 0) is 23.7 Å². The number of rotatable bonds is 32. The molecule has 6 heteroatoms. The molecule has 2 aliphatic heterocycles. The lowest BCUT2D eigenvalue weighted by Gasteiger charge is -2.40. The Kier molecular flexibility index (Phi) is 22.8. The number of carbonyl (C=O) groups excluding carboxylic acids is 1. The summed E-state index contributed by atoms with van der Waals surface area (Å²) in [6.07, 6.45) is 39.0. The lowest BCUT2D eigenvalue weighted by molar-refractivity contribution is -0.144. The molecule has 0 spiro atoms. The minimum Gasteiger partial charge on any atom is -0.463 e. The molecule has 0 amide bonds. The zero-order valence-electron chi connectivity index (χ0n) is 31.1. The normalized spacial score (nSPS) is 25.5. The third kappa shape index (κ3) is 19.8. The molecule has 3 rings (SSSR count). The summed E-state index contributed by atoms with van der Waals surface area (Å²) in [5, 5.41) is 10.0. The molecule has 2 heterocycles. The van der Waals surface area contributed by atoms with Gasteiger partial charge in [-0.05, 0) is 81.5 Å². The zero-order chi connectivity index (χ0) is 34.1. The molecule has 6 nitrogen and oxygen atoms in total. The van der Waals surface area contributed by atoms with Crippen molar-refractivity contribution >= 4 is 5.97 Å². The first-order chi connectivity index (χ1) is 23.6. The van der Waals surface area contributed by atoms with Gasteiger partial charge in [-0.15, -0.1) is 0 Å². The monoisotopic (exact) mass is 675 g/mol. The smallest absolute Gasteiger partial charge is 0.305 e. The molecule has 0 aromatic rings. The van der Waals surface area contributed by atoms with E-state index in [2.05, 4.69) is 38.2 Å². The summed E-state index contributed by atoms with van der Waals surface area (Å²) in [4.78, 5) is 12.0. The minimum atomic E-state index is -0.640. The van der Waals surface area contributed by atoms with Gasteiger partial charge in [0, 0.05) is 6.42 Å². The molecule has 48 heavy (non-hydrogen) atoms. The van der Waals surface area contributed by atoms with Crippen LogP contribution in [0.4, 0.5) is 0 Å². The van der Waals surface area contributed by atoms with Crippen molar-refractivity contribution in [2.45, 2.75) is 186 Å². The second-order valence-electron chi connectivity index (χ2n) is 15.1. The Balaban J connectivity index is 1.45. The summed E-state index contributed by atoms with van der Waals surface area (Å²) in [6, 6.07) is 0. The van der Waals surface area contributed by atoms with E-state index >= 15 is 0 Å². The van der Waals surface area contributed by atoms with Gasteiger partial charge in [-0.3, -0.25) is 4.79 Å². The van der Waals surface area contributed by atoms with Crippen molar-refractivity contribution in [3.05, 3.63) is 24.3 Å². The lowest BCUT2D eigenvalue weighted by Crippen LogP contribution is -2.31. The number of hydrogen-bond donors (Lipinski definition) is 1. The average molecular weight is 675 g/mol. The molecule has 7 unspecified atom stereocenters. The highest BCUT2D eigenvalue weighted by Gasteiger charge is 2.34. The Morgan fingerprint density at radius 1 is 0.708 bits per heavy atom. The van der Waals surface area contributed by atoms with Gasteiger partial charge in [-0.2, -0.15) is 0 Å². The first kappa shape index (κ1) is 41.2. The van der Waals surface area contributed by atoms with Crippen molar-refractivity contribution in [2.24, 2.45) is 23.7 Å². The van der Waals surface area contributed by atoms with Crippen LogP contribution in [0.3, 0.4) is 0 Å². The molecular weight excluding hydrogens is 600 g/mol. The number of unbranched alkanes of at least 4 members (excludes halogenated alkanes) is 14. The molecule has 0 bridgehead atoms. The number of hydrogen-bond acceptors (Lipinski definition) is 6. The molecule has 0 aromatic heterocycles. The SMILES string of the molecule is CCCCC/C=C/CC1C(CCCCCC)C=CC(CCCCCCCC(O)OCC2CO2)C1CCCCCCCC(=O)OCC1CO1. The predicted octanol–water partition coefficient (Wildman–Crippen LogP) is 10.7. The average Bonchev–Trinajstić information content (AvgIpc) is 4.02. The standard InChI is InChI=1S/C42H74O6/c1-3-5-7-9-13-19-25-39-35(23-17-8-6-4-2)29-30-36(24-18-12-10-15-21-27-41(43)47-33-37-31-45-37)40(39)26-20-14-11-16-22-28-42(44)48-34-38-32-46-38/h13,19,29-30,35-41,43H,3-12,14-18,20-28,31-34H2,1-2H3/b19-13+. The number of ether oxygens (including phenoxy) is 4. The largest absolute Gasteiger partial charge is 0.463 e. The van der Waals surface area contributed by atoms with E-state index in [4.69, 9.17) is 18.9 Å². The highest BCUT2D eigenvalue weighted by molar-refractivity contribution is 5.69. The Bertz CT molecular complexity index is 849. The second kappa shape index (κ2) is 26.6. The van der Waals surface area contributed by atoms with Crippen molar-refractivity contribution in [2.75, 3.05) is 26.4 Å². The minimum absolute atomic E-state index is 0.0658. The van der Waals surface area contributed by atoms with Gasteiger partial charge >= 0.3 is 5.97 Å². The van der Waals surface area contributed by atoms with Crippen LogP contribution in [0.15, 0.2) is 24.3 Å². The van der Waals surface area contributed by atoms with Crippen molar-refractivity contribution < 1.29 is 28.8 Å². The summed E-state index contributed by atoms with van der Waals surface area (Å²) in [7, 11) is 0. The van der Waals surface area contributed by atoms with Crippen LogP contribution in [0.1, 0.15) is 168 Å². The van der Waals surface area contributed by atoms with E-state index in [1.54, 1.807) is 0 Å². The number of epoxide rings is 2. The van der Waals surface area contributed by atoms with E-state index in [9.17, 15) is 9.90 Å². The van der Waals surface area contributed by atoms with Crippen molar-refractivity contribution in [1.29, 1.82) is 0 Å². The molecular formula is C42H74O6. The maximum Gasteiger partial charge on any atom is 0.305 e. The van der Waals surface area contributed by atoms with Gasteiger partial charge in [-0.1, -0.05) is 128 Å². The van der Waals surface area contributed by atoms with Crippen LogP contribution in [0, 0.1) is 23.7 Å². The molecule has 0 saturated carbocycles. The van der Waals surface area contributed by atoms with Crippen LogP contribution in [0.2, 0.25) is 0 Å². The van der Waals surface area contributed by atoms with E-state index in [0.29, 0.717) is 25.6 Å². The van der Waals surface area contributed by atoms with E-state index in [1.807, 2.05) is 0 Å². The van der Waals surface area contributed by atoms with Gasteiger partial charge < -0.3 is 24.1 Å². The number of carbonyl (C=O) groups is 1. The highest BCUT2D eigenvalue weighted by Crippen LogP contribution is 2.44. The molecule has 2 fully saturated rings. The van der Waals surface area contributed by atoms with Crippen LogP contribution in [0.25, 0.3) is 0 Å². The Morgan fingerprint density at radius 2 is 1.27 bits per heavy atom. The molecule has 1 N–H and O–H groups in total. The molecule has 278 valence electrons. The third-order valence-corrected chi connectivity index (χ3v) is 10.8. The lowest BCUT2D eigenvalue weighted by atomic mass is 9.65. The predicted molar refractivity (Wildman–Crippen MR) is 197 cm³/mol. The van der Waals surface area contributed by atoms with Crippen molar-refractivity contribution in [1.82, 2.24) is 0 Å². The number of esters is 1. The van der Waals surface area contributed by atoms with Crippen LogP contribution in [-0.4, -0.2) is 56.0 Å². The van der Waals surface area contributed by atoms with Gasteiger partial charge in [0.2, 0.25) is 0 Å². The Hall–Kier alpha value is -1.21. The maximum absolute atomic E-state index is 12.0. The van der Waals surface area contributed by atoms with Crippen LogP contribution >= 0.6 is 0 Å². The Labute approximate surface area is 295 Å². The van der Waals surface area contributed by atoms with Crippen LogP contribution < -0.4 is 0 Å². The van der Waals surface area contributed by atoms with Gasteiger partial charge in [0.25, 0.3) is 0 Å². The number of allylic oxidation sites excluding steroid dienone is 4. The van der Waals surface area contributed by atoms with Gasteiger partial charge in [0.1, 0.15) is 18.8 Å². The molecule has 2 saturated heterocycles. The maximum atomic E-state index is 12.0. The van der Waals surface area contributed by atoms with Crippen molar-refractivity contribution in [3.8, 4) is 0 Å². The number of aliphatic hydroxyl groups is 1. The fourth-order valence-corrected chi connectivity index (χ4v) is 7.59. The molecule has 7 atom stereocenters. The summed E-state index contributed by atoms with van der Waals surface area (Å²) in [6.45, 7) is 7.07. The fraction of sp³-hybridized carbons (Fsp3) is 0.881. The molecule has 0 radical (unpaired) electrons. The highest BCUT2D eigenvalue weighted by atomic mass is 16.6. The van der Waals surface area contributed by atoms with Gasteiger partial charge in [0.05, 0.1) is 19.8 Å². The topological polar surface area (TPSA) is 80.8 Å². The van der Waals surface area contributed by atoms with Crippen LogP contribution in [0.5, 0.6) is 0 Å². The zero-order valence-corrected chi connectivity index (χ0v) is 31.1. The van der Waals surface area contributed by atoms with Crippen molar-refractivity contribution in [3.63, 3.8) is 0 Å². The third-order valence-electron chi connectivity index (χ3n) is 10.8. The number of aliphatic hydroxyl groups excluding tert-OH is 1. The first-order valence-electron chi connectivity index (χ1n) is 20.6. The second-order valence-corrected chi connectivity index (χ2v) is 15.1. The quantitative estimate of drug-likeness (QED) is 0.0251. The first-order valence-corrected chi connectivity index (χ1v) is 20.6. The molecule has 1 aliphatic carbocycles. The summed E-state index contributed by atoms with van der Waals surface area (Å²) >= 11 is 0. The fourth-order valence-electron chi connectivity index (χ4n) is 7.59.